The third-order valence-corrected chi connectivity index (χ3v) is 3.68. The van der Waals surface area contributed by atoms with Crippen LogP contribution < -0.4 is 10.2 Å². The summed E-state index contributed by atoms with van der Waals surface area (Å²) in [6.07, 6.45) is 6.22. The maximum Gasteiger partial charge on any atom is 0.225 e. The summed E-state index contributed by atoms with van der Waals surface area (Å²) in [6.45, 7) is 1.59. The zero-order chi connectivity index (χ0) is 13.2. The van der Waals surface area contributed by atoms with E-state index in [1.807, 2.05) is 4.90 Å². The van der Waals surface area contributed by atoms with Crippen molar-refractivity contribution < 1.29 is 9.18 Å². The number of hydrogen-bond donors (Lipinski definition) is 1. The number of carbonyl (C=O) groups excluding carboxylic acids is 1. The summed E-state index contributed by atoms with van der Waals surface area (Å²) < 4.78 is 12.7. The maximum atomic E-state index is 12.7. The van der Waals surface area contributed by atoms with Crippen LogP contribution in [-0.2, 0) is 4.79 Å². The molecule has 2 fully saturated rings. The molecule has 0 atom stereocenters. The minimum Gasteiger partial charge on any atom is -0.353 e. The summed E-state index contributed by atoms with van der Waals surface area (Å²) in [4.78, 5) is 21.7. The molecule has 2 heterocycles. The molecule has 0 spiro atoms. The highest BCUT2D eigenvalue weighted by molar-refractivity contribution is 5.81. The number of nitrogens with zero attached hydrogens (tertiary/aromatic N) is 3. The van der Waals surface area contributed by atoms with Gasteiger partial charge in [-0.25, -0.2) is 14.4 Å². The molecule has 1 saturated heterocycles. The molecule has 5 nitrogen and oxygen atoms in total. The average molecular weight is 264 g/mol. The third kappa shape index (κ3) is 3.00. The summed E-state index contributed by atoms with van der Waals surface area (Å²) >= 11 is 0. The Morgan fingerprint density at radius 2 is 1.84 bits per heavy atom. The molecule has 0 unspecified atom stereocenters. The third-order valence-electron chi connectivity index (χ3n) is 3.68. The normalized spacial score (nSPS) is 20.4. The van der Waals surface area contributed by atoms with Crippen LogP contribution in [0.15, 0.2) is 12.4 Å². The van der Waals surface area contributed by atoms with Crippen LogP contribution in [0.5, 0.6) is 0 Å². The van der Waals surface area contributed by atoms with Crippen LogP contribution >= 0.6 is 0 Å². The number of amides is 1. The van der Waals surface area contributed by atoms with Crippen LogP contribution in [0.25, 0.3) is 0 Å². The van der Waals surface area contributed by atoms with Crippen molar-refractivity contribution in [1.29, 1.82) is 0 Å². The number of aromatic nitrogens is 2. The zero-order valence-corrected chi connectivity index (χ0v) is 10.7. The minimum absolute atomic E-state index is 0.205. The molecule has 2 aliphatic rings. The van der Waals surface area contributed by atoms with Crippen LogP contribution in [0.4, 0.5) is 10.3 Å². The van der Waals surface area contributed by atoms with E-state index in [4.69, 9.17) is 0 Å². The van der Waals surface area contributed by atoms with Crippen molar-refractivity contribution in [3.05, 3.63) is 18.2 Å². The molecule has 19 heavy (non-hydrogen) atoms. The van der Waals surface area contributed by atoms with Gasteiger partial charge in [0.05, 0.1) is 12.4 Å². The SMILES string of the molecule is O=C(NC1CCN(c2ncc(F)cn2)CC1)C1CC1. The largest absolute Gasteiger partial charge is 0.353 e. The van der Waals surface area contributed by atoms with Crippen LogP contribution in [0.3, 0.4) is 0 Å². The van der Waals surface area contributed by atoms with E-state index in [9.17, 15) is 9.18 Å². The van der Waals surface area contributed by atoms with Crippen molar-refractivity contribution in [3.8, 4) is 0 Å². The Bertz CT molecular complexity index is 452. The Balaban J connectivity index is 1.51. The first-order valence-electron chi connectivity index (χ1n) is 6.75. The number of halogens is 1. The number of rotatable bonds is 3. The van der Waals surface area contributed by atoms with E-state index in [1.165, 1.54) is 12.4 Å². The first kappa shape index (κ1) is 12.3. The van der Waals surface area contributed by atoms with Gasteiger partial charge < -0.3 is 10.2 Å². The van der Waals surface area contributed by atoms with Gasteiger partial charge in [-0.15, -0.1) is 0 Å². The molecule has 1 aliphatic carbocycles. The van der Waals surface area contributed by atoms with Gasteiger partial charge in [0.1, 0.15) is 0 Å². The molecule has 102 valence electrons. The molecule has 0 bridgehead atoms. The van der Waals surface area contributed by atoms with Gasteiger partial charge in [0.25, 0.3) is 0 Å². The zero-order valence-electron chi connectivity index (χ0n) is 10.7. The van der Waals surface area contributed by atoms with E-state index in [-0.39, 0.29) is 17.9 Å². The van der Waals surface area contributed by atoms with Gasteiger partial charge in [-0.3, -0.25) is 4.79 Å². The second-order valence-corrected chi connectivity index (χ2v) is 5.25. The molecule has 3 rings (SSSR count). The Morgan fingerprint density at radius 3 is 2.42 bits per heavy atom. The van der Waals surface area contributed by atoms with Crippen LogP contribution in [0.2, 0.25) is 0 Å². The molecule has 1 amide bonds. The summed E-state index contributed by atoms with van der Waals surface area (Å²) in [5.41, 5.74) is 0. The molecule has 1 aliphatic heterocycles. The highest BCUT2D eigenvalue weighted by Gasteiger charge is 2.31. The van der Waals surface area contributed by atoms with E-state index >= 15 is 0 Å². The summed E-state index contributed by atoms with van der Waals surface area (Å²) in [5.74, 6) is 0.610. The molecule has 6 heteroatoms. The van der Waals surface area contributed by atoms with Crippen molar-refractivity contribution in [2.24, 2.45) is 5.92 Å². The fourth-order valence-corrected chi connectivity index (χ4v) is 2.36. The topological polar surface area (TPSA) is 58.1 Å². The van der Waals surface area contributed by atoms with Crippen molar-refractivity contribution in [2.75, 3.05) is 18.0 Å². The van der Waals surface area contributed by atoms with Crippen LogP contribution in [-0.4, -0.2) is 35.0 Å². The molecule has 0 radical (unpaired) electrons. The Kier molecular flexibility index (Phi) is 3.31. The van der Waals surface area contributed by atoms with Gasteiger partial charge in [-0.1, -0.05) is 0 Å². The summed E-state index contributed by atoms with van der Waals surface area (Å²) in [6, 6.07) is 0.254. The van der Waals surface area contributed by atoms with Gasteiger partial charge in [0.2, 0.25) is 11.9 Å². The summed E-state index contributed by atoms with van der Waals surface area (Å²) in [5, 5.41) is 3.10. The van der Waals surface area contributed by atoms with Gasteiger partial charge in [0.15, 0.2) is 5.82 Å². The molecule has 1 N–H and O–H groups in total. The monoisotopic (exact) mass is 264 g/mol. The quantitative estimate of drug-likeness (QED) is 0.888. The number of piperidine rings is 1. The fraction of sp³-hybridized carbons (Fsp3) is 0.615. The van der Waals surface area contributed by atoms with E-state index in [2.05, 4.69) is 15.3 Å². The van der Waals surface area contributed by atoms with E-state index in [1.54, 1.807) is 0 Å². The van der Waals surface area contributed by atoms with E-state index in [0.717, 1.165) is 38.8 Å². The van der Waals surface area contributed by atoms with Gasteiger partial charge in [-0.05, 0) is 25.7 Å². The first-order chi connectivity index (χ1) is 9.22. The highest BCUT2D eigenvalue weighted by atomic mass is 19.1. The van der Waals surface area contributed by atoms with Crippen molar-refractivity contribution >= 4 is 11.9 Å². The number of anilines is 1. The summed E-state index contributed by atoms with van der Waals surface area (Å²) in [7, 11) is 0. The van der Waals surface area contributed by atoms with Gasteiger partial charge in [-0.2, -0.15) is 0 Å². The van der Waals surface area contributed by atoms with Crippen molar-refractivity contribution in [2.45, 2.75) is 31.7 Å². The minimum atomic E-state index is -0.421. The average Bonchev–Trinajstić information content (AvgIpc) is 3.25. The molecule has 0 aromatic carbocycles. The molecule has 1 aromatic rings. The van der Waals surface area contributed by atoms with Crippen molar-refractivity contribution in [3.63, 3.8) is 0 Å². The molecule has 1 aromatic heterocycles. The second kappa shape index (κ2) is 5.11. The lowest BCUT2D eigenvalue weighted by Crippen LogP contribution is -2.45. The van der Waals surface area contributed by atoms with Crippen LogP contribution in [0, 0.1) is 11.7 Å². The fourth-order valence-electron chi connectivity index (χ4n) is 2.36. The smallest absolute Gasteiger partial charge is 0.225 e. The van der Waals surface area contributed by atoms with Crippen molar-refractivity contribution in [1.82, 2.24) is 15.3 Å². The molecular weight excluding hydrogens is 247 g/mol. The first-order valence-corrected chi connectivity index (χ1v) is 6.75. The lowest BCUT2D eigenvalue weighted by atomic mass is 10.1. The van der Waals surface area contributed by atoms with Gasteiger partial charge in [0, 0.05) is 25.0 Å². The van der Waals surface area contributed by atoms with Crippen LogP contribution in [0.1, 0.15) is 25.7 Å². The molecular formula is C13H17FN4O. The van der Waals surface area contributed by atoms with E-state index < -0.39 is 5.82 Å². The molecule has 1 saturated carbocycles. The predicted molar refractivity (Wildman–Crippen MR) is 68.1 cm³/mol. The second-order valence-electron chi connectivity index (χ2n) is 5.25. The lowest BCUT2D eigenvalue weighted by Gasteiger charge is -2.32. The maximum absolute atomic E-state index is 12.7. The highest BCUT2D eigenvalue weighted by Crippen LogP contribution is 2.29. The van der Waals surface area contributed by atoms with Gasteiger partial charge >= 0.3 is 0 Å². The number of nitrogens with one attached hydrogen (secondary N) is 1. The Hall–Kier alpha value is -1.72. The Morgan fingerprint density at radius 1 is 1.21 bits per heavy atom. The lowest BCUT2D eigenvalue weighted by molar-refractivity contribution is -0.123. The Labute approximate surface area is 111 Å². The number of hydrogen-bond acceptors (Lipinski definition) is 4. The van der Waals surface area contributed by atoms with E-state index in [0.29, 0.717) is 5.95 Å². The standard InChI is InChI=1S/C13H17FN4O/c14-10-7-15-13(16-8-10)18-5-3-11(4-6-18)17-12(19)9-1-2-9/h7-9,11H,1-6H2,(H,17,19). The number of carbonyl (C=O) groups is 1. The predicted octanol–water partition coefficient (Wildman–Crippen LogP) is 1.11.